The van der Waals surface area contributed by atoms with Gasteiger partial charge in [-0.2, -0.15) is 0 Å². The maximum atomic E-state index is 13.7. The van der Waals surface area contributed by atoms with E-state index >= 15 is 0 Å². The van der Waals surface area contributed by atoms with E-state index in [1.807, 2.05) is 0 Å². The molecule has 1 unspecified atom stereocenters. The smallest absolute Gasteiger partial charge is 0.371 e. The maximum Gasteiger partial charge on any atom is 0.371 e. The molecule has 0 saturated carbocycles. The van der Waals surface area contributed by atoms with Gasteiger partial charge in [-0.1, -0.05) is 17.7 Å². The molecule has 0 amide bonds. The van der Waals surface area contributed by atoms with Gasteiger partial charge in [-0.3, -0.25) is 4.79 Å². The highest BCUT2D eigenvalue weighted by Gasteiger charge is 2.27. The van der Waals surface area contributed by atoms with Gasteiger partial charge in [0.2, 0.25) is 5.76 Å². The van der Waals surface area contributed by atoms with Crippen LogP contribution in [-0.4, -0.2) is 22.2 Å². The molecule has 0 bridgehead atoms. The quantitative estimate of drug-likeness (QED) is 0.885. The minimum absolute atomic E-state index is 0.0415. The number of aliphatic carboxylic acids is 1. The second kappa shape index (κ2) is 5.97. The average Bonchev–Trinajstić information content (AvgIpc) is 2.87. The SMILES string of the molecule is O=C(O)c1ccc(C(Cc2c(F)cccc2Cl)C(=O)O)o1. The molecule has 2 aromatic rings. The van der Waals surface area contributed by atoms with Crippen molar-refractivity contribution in [1.82, 2.24) is 0 Å². The van der Waals surface area contributed by atoms with Gasteiger partial charge >= 0.3 is 11.9 Å². The summed E-state index contributed by atoms with van der Waals surface area (Å²) in [6.07, 6.45) is -0.243. The molecule has 5 nitrogen and oxygen atoms in total. The summed E-state index contributed by atoms with van der Waals surface area (Å²) in [6, 6.07) is 6.43. The first kappa shape index (κ1) is 15.1. The van der Waals surface area contributed by atoms with Crippen LogP contribution in [-0.2, 0) is 11.2 Å². The van der Waals surface area contributed by atoms with E-state index in [4.69, 9.17) is 21.1 Å². The topological polar surface area (TPSA) is 87.7 Å². The Bertz CT molecular complexity index is 674. The maximum absolute atomic E-state index is 13.7. The predicted molar refractivity (Wildman–Crippen MR) is 71.2 cm³/mol. The number of carboxylic acid groups (broad SMARTS) is 2. The van der Waals surface area contributed by atoms with Gasteiger partial charge in [0.25, 0.3) is 0 Å². The van der Waals surface area contributed by atoms with Gasteiger partial charge in [-0.25, -0.2) is 9.18 Å². The number of furan rings is 1. The van der Waals surface area contributed by atoms with Crippen molar-refractivity contribution in [2.24, 2.45) is 0 Å². The minimum Gasteiger partial charge on any atom is -0.481 e. The summed E-state index contributed by atoms with van der Waals surface area (Å²) in [6.45, 7) is 0. The van der Waals surface area contributed by atoms with Crippen LogP contribution < -0.4 is 0 Å². The Morgan fingerprint density at radius 3 is 2.48 bits per heavy atom. The van der Waals surface area contributed by atoms with Crippen LogP contribution in [0, 0.1) is 5.82 Å². The molecule has 2 rings (SSSR count). The molecule has 0 fully saturated rings. The lowest BCUT2D eigenvalue weighted by Crippen LogP contribution is -2.15. The van der Waals surface area contributed by atoms with E-state index in [9.17, 15) is 19.1 Å². The molecule has 1 aromatic heterocycles. The molecule has 0 aliphatic carbocycles. The molecular weight excluding hydrogens is 303 g/mol. The zero-order valence-electron chi connectivity index (χ0n) is 10.5. The van der Waals surface area contributed by atoms with Crippen LogP contribution in [0.2, 0.25) is 5.02 Å². The Labute approximate surface area is 123 Å². The number of rotatable bonds is 5. The van der Waals surface area contributed by atoms with Crippen LogP contribution in [0.5, 0.6) is 0 Å². The number of aromatic carboxylic acids is 1. The standard InChI is InChI=1S/C14H10ClFO5/c15-9-2-1-3-10(16)7(9)6-8(13(17)18)11-4-5-12(21-11)14(19)20/h1-5,8H,6H2,(H,17,18)(H,19,20). The number of halogens is 2. The molecule has 7 heteroatoms. The van der Waals surface area contributed by atoms with Crippen LogP contribution in [0.15, 0.2) is 34.7 Å². The summed E-state index contributed by atoms with van der Waals surface area (Å²) in [5.41, 5.74) is 0.0415. The Balaban J connectivity index is 2.35. The molecular formula is C14H10ClFO5. The highest BCUT2D eigenvalue weighted by atomic mass is 35.5. The molecule has 21 heavy (non-hydrogen) atoms. The largest absolute Gasteiger partial charge is 0.481 e. The average molecular weight is 313 g/mol. The summed E-state index contributed by atoms with van der Waals surface area (Å²) in [5.74, 6) is -4.88. The summed E-state index contributed by atoms with van der Waals surface area (Å²) in [4.78, 5) is 22.1. The van der Waals surface area contributed by atoms with Gasteiger partial charge in [0.05, 0.1) is 0 Å². The normalized spacial score (nSPS) is 12.1. The summed E-state index contributed by atoms with van der Waals surface area (Å²) in [5, 5.41) is 18.1. The van der Waals surface area contributed by atoms with E-state index < -0.39 is 23.7 Å². The van der Waals surface area contributed by atoms with Gasteiger partial charge < -0.3 is 14.6 Å². The summed E-state index contributed by atoms with van der Waals surface area (Å²) < 4.78 is 18.7. The van der Waals surface area contributed by atoms with Crippen LogP contribution in [0.4, 0.5) is 4.39 Å². The van der Waals surface area contributed by atoms with E-state index in [0.29, 0.717) is 0 Å². The van der Waals surface area contributed by atoms with Crippen molar-refractivity contribution in [1.29, 1.82) is 0 Å². The number of hydrogen-bond acceptors (Lipinski definition) is 3. The fraction of sp³-hybridized carbons (Fsp3) is 0.143. The molecule has 0 spiro atoms. The molecule has 110 valence electrons. The van der Waals surface area contributed by atoms with Gasteiger partial charge in [-0.15, -0.1) is 0 Å². The molecule has 1 heterocycles. The third-order valence-electron chi connectivity index (χ3n) is 2.95. The number of hydrogen-bond donors (Lipinski definition) is 2. The van der Waals surface area contributed by atoms with Crippen LogP contribution in [0.3, 0.4) is 0 Å². The van der Waals surface area contributed by atoms with Crippen molar-refractivity contribution < 1.29 is 28.6 Å². The van der Waals surface area contributed by atoms with Gasteiger partial charge in [0.1, 0.15) is 17.5 Å². The first-order valence-electron chi connectivity index (χ1n) is 5.89. The molecule has 1 aromatic carbocycles. The summed E-state index contributed by atoms with van der Waals surface area (Å²) in [7, 11) is 0. The van der Waals surface area contributed by atoms with E-state index in [1.54, 1.807) is 0 Å². The third kappa shape index (κ3) is 3.22. The Hall–Kier alpha value is -2.34. The van der Waals surface area contributed by atoms with Crippen molar-refractivity contribution in [3.63, 3.8) is 0 Å². The highest BCUT2D eigenvalue weighted by molar-refractivity contribution is 6.31. The molecule has 1 atom stereocenters. The van der Waals surface area contributed by atoms with Crippen molar-refractivity contribution in [2.75, 3.05) is 0 Å². The lowest BCUT2D eigenvalue weighted by atomic mass is 9.96. The second-order valence-electron chi connectivity index (χ2n) is 4.30. The lowest BCUT2D eigenvalue weighted by Gasteiger charge is -2.11. The van der Waals surface area contributed by atoms with Crippen molar-refractivity contribution >= 4 is 23.5 Å². The zero-order chi connectivity index (χ0) is 15.6. The van der Waals surface area contributed by atoms with Crippen molar-refractivity contribution in [3.8, 4) is 0 Å². The van der Waals surface area contributed by atoms with Gasteiger partial charge in [-0.05, 0) is 30.7 Å². The molecule has 0 aliphatic heterocycles. The van der Waals surface area contributed by atoms with Crippen LogP contribution in [0.1, 0.15) is 27.8 Å². The first-order valence-corrected chi connectivity index (χ1v) is 6.26. The van der Waals surface area contributed by atoms with Gasteiger partial charge in [0, 0.05) is 10.6 Å². The van der Waals surface area contributed by atoms with E-state index in [-0.39, 0.29) is 28.5 Å². The molecule has 0 aliphatic rings. The van der Waals surface area contributed by atoms with Crippen LogP contribution in [0.25, 0.3) is 0 Å². The lowest BCUT2D eigenvalue weighted by molar-refractivity contribution is -0.139. The molecule has 0 saturated heterocycles. The molecule has 0 radical (unpaired) electrons. The second-order valence-corrected chi connectivity index (χ2v) is 4.71. The number of carboxylic acids is 2. The van der Waals surface area contributed by atoms with Gasteiger partial charge in [0.15, 0.2) is 0 Å². The Morgan fingerprint density at radius 1 is 1.24 bits per heavy atom. The van der Waals surface area contributed by atoms with Crippen molar-refractivity contribution in [3.05, 3.63) is 58.3 Å². The highest BCUT2D eigenvalue weighted by Crippen LogP contribution is 2.28. The van der Waals surface area contributed by atoms with Crippen molar-refractivity contribution in [2.45, 2.75) is 12.3 Å². The zero-order valence-corrected chi connectivity index (χ0v) is 11.3. The fourth-order valence-electron chi connectivity index (χ4n) is 1.90. The number of benzene rings is 1. The molecule has 2 N–H and O–H groups in total. The van der Waals surface area contributed by atoms with E-state index in [1.165, 1.54) is 24.3 Å². The first-order chi connectivity index (χ1) is 9.90. The van der Waals surface area contributed by atoms with E-state index in [2.05, 4.69) is 0 Å². The monoisotopic (exact) mass is 312 g/mol. The Morgan fingerprint density at radius 2 is 1.95 bits per heavy atom. The third-order valence-corrected chi connectivity index (χ3v) is 3.30. The number of carbonyl (C=O) groups is 2. The van der Waals surface area contributed by atoms with Crippen LogP contribution >= 0.6 is 11.6 Å². The Kier molecular flexibility index (Phi) is 4.28. The fourth-order valence-corrected chi connectivity index (χ4v) is 2.14. The summed E-state index contributed by atoms with van der Waals surface area (Å²) >= 11 is 5.86. The van der Waals surface area contributed by atoms with E-state index in [0.717, 1.165) is 6.07 Å². The minimum atomic E-state index is -1.31. The predicted octanol–water partition coefficient (Wildman–Crippen LogP) is 3.18.